The van der Waals surface area contributed by atoms with E-state index in [1.807, 2.05) is 31.2 Å². The van der Waals surface area contributed by atoms with E-state index in [2.05, 4.69) is 4.98 Å². The van der Waals surface area contributed by atoms with Gasteiger partial charge in [0.2, 0.25) is 5.91 Å². The van der Waals surface area contributed by atoms with Crippen LogP contribution in [-0.2, 0) is 9.59 Å². The Labute approximate surface area is 104 Å². The number of carbonyl (C=O) groups is 2. The summed E-state index contributed by atoms with van der Waals surface area (Å²) in [6.07, 6.45) is -0.505. The fourth-order valence-corrected chi connectivity index (χ4v) is 2.07. The Morgan fingerprint density at radius 3 is 2.67 bits per heavy atom. The van der Waals surface area contributed by atoms with E-state index in [0.29, 0.717) is 0 Å². The van der Waals surface area contributed by atoms with Crippen LogP contribution >= 0.6 is 0 Å². The molecule has 0 radical (unpaired) electrons. The molecule has 0 fully saturated rings. The van der Waals surface area contributed by atoms with Crippen LogP contribution in [0.15, 0.2) is 24.3 Å². The number of H-pyrrole nitrogens is 1. The molecule has 0 atom stereocenters. The molecular weight excluding hydrogens is 232 g/mol. The van der Waals surface area contributed by atoms with Gasteiger partial charge in [0.15, 0.2) is 0 Å². The molecule has 0 aliphatic carbocycles. The average Bonchev–Trinajstić information content (AvgIpc) is 2.63. The summed E-state index contributed by atoms with van der Waals surface area (Å²) < 4.78 is 0. The number of anilines is 1. The summed E-state index contributed by atoms with van der Waals surface area (Å²) in [6, 6.07) is 7.61. The lowest BCUT2D eigenvalue weighted by Crippen LogP contribution is -2.28. The second-order valence-corrected chi connectivity index (χ2v) is 4.17. The molecule has 2 N–H and O–H groups in total. The number of nitrogens with one attached hydrogen (secondary N) is 1. The van der Waals surface area contributed by atoms with Crippen molar-refractivity contribution in [3.05, 3.63) is 30.0 Å². The van der Waals surface area contributed by atoms with Crippen LogP contribution in [0.1, 0.15) is 12.1 Å². The van der Waals surface area contributed by atoms with E-state index in [1.54, 1.807) is 7.05 Å². The van der Waals surface area contributed by atoms with Gasteiger partial charge in [-0.3, -0.25) is 9.59 Å². The van der Waals surface area contributed by atoms with Gasteiger partial charge in [-0.05, 0) is 13.0 Å². The van der Waals surface area contributed by atoms with Crippen LogP contribution in [0.5, 0.6) is 0 Å². The molecule has 5 heteroatoms. The van der Waals surface area contributed by atoms with E-state index in [1.165, 1.54) is 4.90 Å². The first-order valence-corrected chi connectivity index (χ1v) is 5.56. The van der Waals surface area contributed by atoms with Crippen LogP contribution in [0, 0.1) is 6.92 Å². The number of para-hydroxylation sites is 1. The Kier molecular flexibility index (Phi) is 3.06. The molecule has 0 aliphatic heterocycles. The molecule has 1 aromatic carbocycles. The number of hydrogen-bond donors (Lipinski definition) is 2. The number of hydrogen-bond acceptors (Lipinski definition) is 2. The smallest absolute Gasteiger partial charge is 0.312 e. The first-order valence-electron chi connectivity index (χ1n) is 5.56. The highest BCUT2D eigenvalue weighted by Gasteiger charge is 2.19. The average molecular weight is 246 g/mol. The van der Waals surface area contributed by atoms with Crippen LogP contribution in [0.3, 0.4) is 0 Å². The third kappa shape index (κ3) is 2.07. The van der Waals surface area contributed by atoms with Crippen molar-refractivity contribution in [2.24, 2.45) is 0 Å². The first-order chi connectivity index (χ1) is 8.50. The van der Waals surface area contributed by atoms with Gasteiger partial charge in [-0.15, -0.1) is 0 Å². The maximum Gasteiger partial charge on any atom is 0.312 e. The maximum atomic E-state index is 11.8. The van der Waals surface area contributed by atoms with E-state index in [9.17, 15) is 9.59 Å². The van der Waals surface area contributed by atoms with Gasteiger partial charge in [-0.2, -0.15) is 0 Å². The van der Waals surface area contributed by atoms with Gasteiger partial charge in [0.05, 0.1) is 5.69 Å². The highest BCUT2D eigenvalue weighted by molar-refractivity contribution is 6.08. The van der Waals surface area contributed by atoms with Crippen molar-refractivity contribution in [3.8, 4) is 0 Å². The van der Waals surface area contributed by atoms with Crippen molar-refractivity contribution in [2.75, 3.05) is 11.9 Å². The highest BCUT2D eigenvalue weighted by atomic mass is 16.4. The molecular formula is C13H14N2O3. The number of aryl methyl sites for hydroxylation is 1. The fourth-order valence-electron chi connectivity index (χ4n) is 2.07. The molecule has 5 nitrogen and oxygen atoms in total. The Hall–Kier alpha value is -2.30. The highest BCUT2D eigenvalue weighted by Crippen LogP contribution is 2.30. The Balaban J connectivity index is 2.44. The topological polar surface area (TPSA) is 73.4 Å². The Bertz CT molecular complexity index is 616. The quantitative estimate of drug-likeness (QED) is 0.812. The van der Waals surface area contributed by atoms with Gasteiger partial charge in [0, 0.05) is 23.6 Å². The Morgan fingerprint density at radius 1 is 1.33 bits per heavy atom. The zero-order chi connectivity index (χ0) is 13.3. The van der Waals surface area contributed by atoms with E-state index >= 15 is 0 Å². The number of nitrogens with zero attached hydrogens (tertiary/aromatic N) is 1. The zero-order valence-electron chi connectivity index (χ0n) is 10.2. The lowest BCUT2D eigenvalue weighted by Gasteiger charge is -2.16. The Morgan fingerprint density at radius 2 is 2.00 bits per heavy atom. The van der Waals surface area contributed by atoms with E-state index in [4.69, 9.17) is 5.11 Å². The third-order valence-electron chi connectivity index (χ3n) is 2.87. The van der Waals surface area contributed by atoms with Crippen LogP contribution < -0.4 is 4.90 Å². The second-order valence-electron chi connectivity index (χ2n) is 4.17. The molecule has 1 amide bonds. The number of aromatic amines is 1. The van der Waals surface area contributed by atoms with Gasteiger partial charge >= 0.3 is 5.97 Å². The number of benzene rings is 1. The maximum absolute atomic E-state index is 11.8. The monoisotopic (exact) mass is 246 g/mol. The third-order valence-corrected chi connectivity index (χ3v) is 2.87. The number of carboxylic acids is 1. The second kappa shape index (κ2) is 4.52. The SMILES string of the molecule is Cc1[nH]c2ccccc2c1N(C)C(=O)CC(=O)O. The molecule has 0 saturated carbocycles. The summed E-state index contributed by atoms with van der Waals surface area (Å²) in [5.74, 6) is -1.56. The molecule has 0 spiro atoms. The molecule has 2 rings (SSSR count). The van der Waals surface area contributed by atoms with Crippen molar-refractivity contribution in [2.45, 2.75) is 13.3 Å². The largest absolute Gasteiger partial charge is 0.481 e. The number of carbonyl (C=O) groups excluding carboxylic acids is 1. The van der Waals surface area contributed by atoms with Crippen LogP contribution in [0.2, 0.25) is 0 Å². The molecule has 0 aliphatic rings. The van der Waals surface area contributed by atoms with E-state index in [-0.39, 0.29) is 0 Å². The minimum Gasteiger partial charge on any atom is -0.481 e. The van der Waals surface area contributed by atoms with Gasteiger partial charge < -0.3 is 15.0 Å². The minimum absolute atomic E-state index is 0.435. The minimum atomic E-state index is -1.12. The van der Waals surface area contributed by atoms with Crippen molar-refractivity contribution >= 4 is 28.5 Å². The van der Waals surface area contributed by atoms with Crippen molar-refractivity contribution < 1.29 is 14.7 Å². The van der Waals surface area contributed by atoms with Gasteiger partial charge in [-0.1, -0.05) is 18.2 Å². The number of rotatable bonds is 3. The van der Waals surface area contributed by atoms with E-state index in [0.717, 1.165) is 22.3 Å². The number of aliphatic carboxylic acids is 1. The molecule has 1 aromatic heterocycles. The van der Waals surface area contributed by atoms with Crippen LogP contribution in [0.25, 0.3) is 10.9 Å². The summed E-state index contributed by atoms with van der Waals surface area (Å²) in [7, 11) is 1.59. The van der Waals surface area contributed by atoms with Crippen LogP contribution in [-0.4, -0.2) is 29.0 Å². The summed E-state index contributed by atoms with van der Waals surface area (Å²) in [6.45, 7) is 1.86. The summed E-state index contributed by atoms with van der Waals surface area (Å²) >= 11 is 0. The number of carboxylic acid groups (broad SMARTS) is 1. The van der Waals surface area contributed by atoms with Gasteiger partial charge in [0.25, 0.3) is 0 Å². The first kappa shape index (κ1) is 12.2. The molecule has 94 valence electrons. The molecule has 18 heavy (non-hydrogen) atoms. The molecule has 0 unspecified atom stereocenters. The predicted molar refractivity (Wildman–Crippen MR) is 68.7 cm³/mol. The van der Waals surface area contributed by atoms with Crippen molar-refractivity contribution in [3.63, 3.8) is 0 Å². The number of amides is 1. The normalized spacial score (nSPS) is 10.6. The predicted octanol–water partition coefficient (Wildman–Crippen LogP) is 1.91. The van der Waals surface area contributed by atoms with Crippen molar-refractivity contribution in [1.29, 1.82) is 0 Å². The van der Waals surface area contributed by atoms with E-state index < -0.39 is 18.3 Å². The molecule has 2 aromatic rings. The molecule has 0 saturated heterocycles. The van der Waals surface area contributed by atoms with Crippen LogP contribution in [0.4, 0.5) is 5.69 Å². The number of aromatic nitrogens is 1. The van der Waals surface area contributed by atoms with Crippen molar-refractivity contribution in [1.82, 2.24) is 4.98 Å². The summed E-state index contributed by atoms with van der Waals surface area (Å²) in [5.41, 5.74) is 2.51. The fraction of sp³-hybridized carbons (Fsp3) is 0.231. The number of fused-ring (bicyclic) bond motifs is 1. The molecule has 1 heterocycles. The lowest BCUT2D eigenvalue weighted by molar-refractivity contribution is -0.140. The van der Waals surface area contributed by atoms with Gasteiger partial charge in [-0.25, -0.2) is 0 Å². The molecule has 0 bridgehead atoms. The summed E-state index contributed by atoms with van der Waals surface area (Å²) in [5, 5.41) is 9.57. The standard InChI is InChI=1S/C13H14N2O3/c1-8-13(15(2)11(16)7-12(17)18)9-5-3-4-6-10(9)14-8/h3-6,14H,7H2,1-2H3,(H,17,18). The zero-order valence-corrected chi connectivity index (χ0v) is 10.2. The lowest BCUT2D eigenvalue weighted by atomic mass is 10.2. The van der Waals surface area contributed by atoms with Gasteiger partial charge in [0.1, 0.15) is 6.42 Å². The summed E-state index contributed by atoms with van der Waals surface area (Å²) in [4.78, 5) is 26.9.